The van der Waals surface area contributed by atoms with Crippen molar-refractivity contribution in [2.24, 2.45) is 23.7 Å². The van der Waals surface area contributed by atoms with E-state index in [1.807, 2.05) is 0 Å². The van der Waals surface area contributed by atoms with Gasteiger partial charge in [0.2, 0.25) is 5.91 Å². The molecule has 3 saturated carbocycles. The normalized spacial score (nSPS) is 32.8. The Morgan fingerprint density at radius 3 is 2.58 bits per heavy atom. The quantitative estimate of drug-likeness (QED) is 0.650. The van der Waals surface area contributed by atoms with Crippen molar-refractivity contribution < 1.29 is 4.79 Å². The minimum absolute atomic E-state index is 0.246. The van der Waals surface area contributed by atoms with Gasteiger partial charge in [0.05, 0.1) is 5.92 Å². The highest BCUT2D eigenvalue weighted by atomic mass is 16.2. The largest absolute Gasteiger partial charge is 0.347 e. The van der Waals surface area contributed by atoms with Crippen LogP contribution in [-0.4, -0.2) is 39.9 Å². The number of rotatable bonds is 6. The van der Waals surface area contributed by atoms with Gasteiger partial charge in [-0.15, -0.1) is 0 Å². The van der Waals surface area contributed by atoms with Crippen LogP contribution < -0.4 is 0 Å². The first kappa shape index (κ1) is 19.3. The highest BCUT2D eigenvalue weighted by Crippen LogP contribution is 2.63. The molecule has 2 aromatic rings. The number of nitrogens with zero attached hydrogens (tertiary/aromatic N) is 2. The second-order valence-electron chi connectivity index (χ2n) is 10.3. The number of benzene rings is 1. The Labute approximate surface area is 183 Å². The lowest BCUT2D eigenvalue weighted by Gasteiger charge is -2.42. The summed E-state index contributed by atoms with van der Waals surface area (Å²) < 4.78 is 2.37. The first-order valence-corrected chi connectivity index (χ1v) is 12.1. The Hall–Kier alpha value is -2.43. The van der Waals surface area contributed by atoms with E-state index in [9.17, 15) is 4.79 Å². The second-order valence-corrected chi connectivity index (χ2v) is 10.3. The molecule has 1 amide bonds. The molecule has 4 bridgehead atoms. The molecule has 5 aliphatic rings. The predicted octanol–water partition coefficient (Wildman–Crippen LogP) is 4.84. The molecule has 3 aliphatic carbocycles. The molecule has 5 atom stereocenters. The molecule has 5 heteroatoms. The summed E-state index contributed by atoms with van der Waals surface area (Å²) in [6.07, 6.45) is 13.3. The zero-order valence-corrected chi connectivity index (χ0v) is 18.0. The molecule has 1 aromatic heterocycles. The summed E-state index contributed by atoms with van der Waals surface area (Å²) in [7, 11) is 0. The van der Waals surface area contributed by atoms with Crippen LogP contribution in [-0.2, 0) is 11.3 Å². The van der Waals surface area contributed by atoms with Gasteiger partial charge in [0.1, 0.15) is 0 Å². The van der Waals surface area contributed by atoms with Crippen molar-refractivity contribution in [3.8, 4) is 0 Å². The van der Waals surface area contributed by atoms with E-state index < -0.39 is 0 Å². The topological polar surface area (TPSA) is 72.9 Å². The van der Waals surface area contributed by atoms with E-state index in [0.29, 0.717) is 23.9 Å². The van der Waals surface area contributed by atoms with E-state index in [0.717, 1.165) is 36.8 Å². The van der Waals surface area contributed by atoms with Gasteiger partial charge in [-0.2, -0.15) is 0 Å². The number of hydrogen-bond donors (Lipinski definition) is 2. The third-order valence-corrected chi connectivity index (χ3v) is 8.78. The lowest BCUT2D eigenvalue weighted by atomic mass is 9.81. The molecule has 7 rings (SSSR count). The van der Waals surface area contributed by atoms with Crippen molar-refractivity contribution in [3.05, 3.63) is 36.0 Å². The summed E-state index contributed by atoms with van der Waals surface area (Å²) in [5.74, 6) is 2.61. The van der Waals surface area contributed by atoms with E-state index in [1.54, 1.807) is 0 Å². The van der Waals surface area contributed by atoms with Gasteiger partial charge in [-0.05, 0) is 72.6 Å². The highest BCUT2D eigenvalue weighted by molar-refractivity contribution is 5.90. The predicted molar refractivity (Wildman–Crippen MR) is 123 cm³/mol. The molecule has 5 unspecified atom stereocenters. The molecule has 31 heavy (non-hydrogen) atoms. The van der Waals surface area contributed by atoms with E-state index in [4.69, 9.17) is 10.8 Å². The van der Waals surface area contributed by atoms with Crippen LogP contribution in [0.5, 0.6) is 0 Å². The van der Waals surface area contributed by atoms with Gasteiger partial charge < -0.3 is 20.3 Å². The summed E-state index contributed by atoms with van der Waals surface area (Å²) in [5, 5.41) is 16.3. The molecule has 2 N–H and O–H groups in total. The fourth-order valence-electron chi connectivity index (χ4n) is 7.15. The smallest absolute Gasteiger partial charge is 0.226 e. The van der Waals surface area contributed by atoms with Gasteiger partial charge in [-0.3, -0.25) is 4.79 Å². The molecular weight excluding hydrogens is 384 g/mol. The third kappa shape index (κ3) is 3.00. The van der Waals surface area contributed by atoms with Crippen molar-refractivity contribution in [2.45, 2.75) is 69.5 Å². The Morgan fingerprint density at radius 2 is 1.84 bits per heavy atom. The fraction of sp³-hybridized carbons (Fsp3) is 0.577. The van der Waals surface area contributed by atoms with Crippen molar-refractivity contribution in [1.29, 1.82) is 10.8 Å². The van der Waals surface area contributed by atoms with Gasteiger partial charge >= 0.3 is 0 Å². The van der Waals surface area contributed by atoms with Crippen LogP contribution >= 0.6 is 0 Å². The maximum atomic E-state index is 13.4. The molecular formula is C26H32N4O. The lowest BCUT2D eigenvalue weighted by Crippen LogP contribution is -2.51. The van der Waals surface area contributed by atoms with Crippen LogP contribution in [0.4, 0.5) is 0 Å². The minimum Gasteiger partial charge on any atom is -0.347 e. The minimum atomic E-state index is -0.246. The average molecular weight is 417 g/mol. The summed E-state index contributed by atoms with van der Waals surface area (Å²) in [4.78, 5) is 15.8. The van der Waals surface area contributed by atoms with Crippen LogP contribution in [0.1, 0.15) is 56.4 Å². The molecule has 3 heterocycles. The second kappa shape index (κ2) is 7.32. The third-order valence-electron chi connectivity index (χ3n) is 8.78. The fourth-order valence-corrected chi connectivity index (χ4v) is 7.15. The van der Waals surface area contributed by atoms with Gasteiger partial charge in [-0.25, -0.2) is 0 Å². The number of fused-ring (bicyclic) bond motifs is 2. The molecule has 0 radical (unpaired) electrons. The number of piperidine rings is 2. The molecule has 162 valence electrons. The van der Waals surface area contributed by atoms with Gasteiger partial charge in [0.25, 0.3) is 0 Å². The van der Waals surface area contributed by atoms with E-state index in [1.165, 1.54) is 55.4 Å². The van der Waals surface area contributed by atoms with Crippen molar-refractivity contribution in [2.75, 3.05) is 0 Å². The maximum Gasteiger partial charge on any atom is 0.226 e. The van der Waals surface area contributed by atoms with Crippen molar-refractivity contribution >= 4 is 29.2 Å². The first-order chi connectivity index (χ1) is 15.2. The number of aromatic nitrogens is 1. The lowest BCUT2D eigenvalue weighted by molar-refractivity contribution is -0.142. The summed E-state index contributed by atoms with van der Waals surface area (Å²) in [6, 6.07) is 9.46. The van der Waals surface area contributed by atoms with Gasteiger partial charge in [-0.1, -0.05) is 25.3 Å². The zero-order chi connectivity index (χ0) is 21.1. The van der Waals surface area contributed by atoms with Crippen molar-refractivity contribution in [1.82, 2.24) is 9.47 Å². The van der Waals surface area contributed by atoms with Crippen LogP contribution in [0.15, 0.2) is 30.5 Å². The Kier molecular flexibility index (Phi) is 4.55. The van der Waals surface area contributed by atoms with Gasteiger partial charge in [0.15, 0.2) is 0 Å². The van der Waals surface area contributed by atoms with Crippen LogP contribution in [0, 0.1) is 34.5 Å². The Bertz CT molecular complexity index is 1030. The van der Waals surface area contributed by atoms with E-state index in [2.05, 4.69) is 39.9 Å². The van der Waals surface area contributed by atoms with Crippen LogP contribution in [0.3, 0.4) is 0 Å². The number of carbonyl (C=O) groups is 1. The van der Waals surface area contributed by atoms with Crippen LogP contribution in [0.2, 0.25) is 0 Å². The number of hydrogen-bond acceptors (Lipinski definition) is 3. The summed E-state index contributed by atoms with van der Waals surface area (Å²) in [5.41, 5.74) is 2.22. The van der Waals surface area contributed by atoms with E-state index >= 15 is 0 Å². The molecule has 5 fully saturated rings. The molecule has 1 aromatic carbocycles. The van der Waals surface area contributed by atoms with Crippen LogP contribution in [0.25, 0.3) is 10.9 Å². The maximum absolute atomic E-state index is 13.4. The molecule has 2 aliphatic heterocycles. The zero-order valence-electron chi connectivity index (χ0n) is 18.0. The number of carbonyl (C=O) groups excluding carboxylic acids is 1. The average Bonchev–Trinajstić information content (AvgIpc) is 3.17. The van der Waals surface area contributed by atoms with Crippen molar-refractivity contribution in [3.63, 3.8) is 0 Å². The SMILES string of the molecule is N=CC(C=N)c1ccc2c(ccn2CC2CC3C4CC2N(C(=O)C2CCCCC2)C34)c1. The molecule has 2 saturated heterocycles. The summed E-state index contributed by atoms with van der Waals surface area (Å²) >= 11 is 0. The number of amides is 1. The first-order valence-electron chi connectivity index (χ1n) is 12.1. The Balaban J connectivity index is 1.22. The molecule has 5 nitrogen and oxygen atoms in total. The highest BCUT2D eigenvalue weighted by Gasteiger charge is 2.67. The Morgan fingerprint density at radius 1 is 1.06 bits per heavy atom. The standard InChI is InChI=1S/C26H32N4O/c27-13-20(14-28)17-6-7-23-18(10-17)8-9-29(23)15-19-11-21-22-12-24(19)30(25(21)22)26(31)16-4-2-1-3-5-16/h6-10,13-14,16,19-22,24-25,27-28H,1-5,11-12,15H2. The molecule has 0 spiro atoms. The van der Waals surface area contributed by atoms with E-state index in [-0.39, 0.29) is 11.8 Å². The number of nitrogens with one attached hydrogen (secondary N) is 2. The monoisotopic (exact) mass is 416 g/mol. The van der Waals surface area contributed by atoms with Gasteiger partial charge in [0, 0.05) is 48.7 Å². The summed E-state index contributed by atoms with van der Waals surface area (Å²) in [6.45, 7) is 0.983.